The average molecular weight is 370 g/mol. The molecule has 0 N–H and O–H groups in total. The first-order valence-electron chi connectivity index (χ1n) is 8.31. The van der Waals surface area contributed by atoms with Crippen LogP contribution in [0.15, 0.2) is 24.4 Å². The number of anilines is 1. The van der Waals surface area contributed by atoms with Crippen LogP contribution in [0.5, 0.6) is 0 Å². The molecular weight excluding hydrogens is 352 g/mol. The maximum absolute atomic E-state index is 12.5. The van der Waals surface area contributed by atoms with Gasteiger partial charge in [0.2, 0.25) is 0 Å². The summed E-state index contributed by atoms with van der Waals surface area (Å²) in [6.45, 7) is 6.45. The number of carbonyl (C=O) groups excluding carboxylic acids is 1. The van der Waals surface area contributed by atoms with Crippen LogP contribution in [0.2, 0.25) is 0 Å². The minimum atomic E-state index is 0.00707. The summed E-state index contributed by atoms with van der Waals surface area (Å²) in [5.74, 6) is 1.50. The Labute approximate surface area is 154 Å². The van der Waals surface area contributed by atoms with E-state index < -0.39 is 0 Å². The molecule has 10 heteroatoms. The number of hydrogen-bond acceptors (Lipinski definition) is 8. The zero-order chi connectivity index (χ0) is 18.1. The third-order valence-corrected chi connectivity index (χ3v) is 5.15. The SMILES string of the molecule is Cc1ccn(-c2ccc(N3CCN(C(=O)c4snnc4C)CC3)nn2)n1. The van der Waals surface area contributed by atoms with E-state index in [9.17, 15) is 4.79 Å². The van der Waals surface area contributed by atoms with E-state index in [0.29, 0.717) is 42.6 Å². The molecule has 1 aliphatic heterocycles. The summed E-state index contributed by atoms with van der Waals surface area (Å²) in [7, 11) is 0. The molecular formula is C16H18N8OS. The number of aryl methyl sites for hydroxylation is 2. The van der Waals surface area contributed by atoms with Gasteiger partial charge in [0, 0.05) is 32.4 Å². The molecule has 9 nitrogen and oxygen atoms in total. The smallest absolute Gasteiger partial charge is 0.267 e. The average Bonchev–Trinajstić information content (AvgIpc) is 3.30. The molecule has 0 bridgehead atoms. The van der Waals surface area contributed by atoms with Crippen LogP contribution in [0.1, 0.15) is 21.1 Å². The monoisotopic (exact) mass is 370 g/mol. The molecule has 0 unspecified atom stereocenters. The number of carbonyl (C=O) groups is 1. The van der Waals surface area contributed by atoms with E-state index in [4.69, 9.17) is 0 Å². The van der Waals surface area contributed by atoms with Crippen LogP contribution in [0.25, 0.3) is 5.82 Å². The highest BCUT2D eigenvalue weighted by molar-refractivity contribution is 7.07. The number of aromatic nitrogens is 6. The molecule has 1 fully saturated rings. The Balaban J connectivity index is 1.40. The zero-order valence-corrected chi connectivity index (χ0v) is 15.3. The minimum absolute atomic E-state index is 0.00707. The van der Waals surface area contributed by atoms with Crippen LogP contribution in [-0.2, 0) is 0 Å². The van der Waals surface area contributed by atoms with E-state index >= 15 is 0 Å². The van der Waals surface area contributed by atoms with Gasteiger partial charge in [0.1, 0.15) is 4.88 Å². The van der Waals surface area contributed by atoms with Gasteiger partial charge in [-0.15, -0.1) is 15.3 Å². The van der Waals surface area contributed by atoms with Crippen molar-refractivity contribution < 1.29 is 4.79 Å². The van der Waals surface area contributed by atoms with Crippen molar-refractivity contribution in [3.63, 3.8) is 0 Å². The van der Waals surface area contributed by atoms with Gasteiger partial charge in [-0.3, -0.25) is 4.79 Å². The quantitative estimate of drug-likeness (QED) is 0.681. The zero-order valence-electron chi connectivity index (χ0n) is 14.5. The van der Waals surface area contributed by atoms with E-state index in [1.807, 2.05) is 43.1 Å². The fraction of sp³-hybridized carbons (Fsp3) is 0.375. The molecule has 3 aromatic rings. The molecule has 0 radical (unpaired) electrons. The third-order valence-electron chi connectivity index (χ3n) is 4.33. The van der Waals surface area contributed by atoms with Gasteiger partial charge in [0.25, 0.3) is 5.91 Å². The molecule has 4 heterocycles. The number of hydrogen-bond donors (Lipinski definition) is 0. The summed E-state index contributed by atoms with van der Waals surface area (Å²) in [6, 6.07) is 5.76. The molecule has 0 saturated carbocycles. The van der Waals surface area contributed by atoms with Crippen LogP contribution in [-0.4, -0.2) is 66.6 Å². The lowest BCUT2D eigenvalue weighted by molar-refractivity contribution is 0.0750. The highest BCUT2D eigenvalue weighted by atomic mass is 32.1. The predicted molar refractivity (Wildman–Crippen MR) is 96.7 cm³/mol. The normalized spacial score (nSPS) is 14.7. The summed E-state index contributed by atoms with van der Waals surface area (Å²) >= 11 is 1.15. The van der Waals surface area contributed by atoms with E-state index in [2.05, 4.69) is 29.8 Å². The molecule has 134 valence electrons. The maximum Gasteiger partial charge on any atom is 0.267 e. The first kappa shape index (κ1) is 16.6. The first-order chi connectivity index (χ1) is 12.6. The lowest BCUT2D eigenvalue weighted by Crippen LogP contribution is -2.49. The summed E-state index contributed by atoms with van der Waals surface area (Å²) in [5, 5.41) is 16.8. The van der Waals surface area contributed by atoms with Crippen molar-refractivity contribution in [2.24, 2.45) is 0 Å². The van der Waals surface area contributed by atoms with Crippen molar-refractivity contribution in [1.29, 1.82) is 0 Å². The Morgan fingerprint density at radius 1 is 1.00 bits per heavy atom. The Morgan fingerprint density at radius 2 is 1.73 bits per heavy atom. The molecule has 1 aliphatic rings. The van der Waals surface area contributed by atoms with Crippen molar-refractivity contribution in [2.75, 3.05) is 31.1 Å². The topological polar surface area (TPSA) is 92.9 Å². The maximum atomic E-state index is 12.5. The van der Waals surface area contributed by atoms with Gasteiger partial charge in [-0.05, 0) is 43.6 Å². The van der Waals surface area contributed by atoms with E-state index in [1.54, 1.807) is 4.68 Å². The largest absolute Gasteiger partial charge is 0.352 e. The molecule has 0 aromatic carbocycles. The van der Waals surface area contributed by atoms with Crippen LogP contribution in [0.3, 0.4) is 0 Å². The van der Waals surface area contributed by atoms with Crippen molar-refractivity contribution in [3.05, 3.63) is 40.7 Å². The molecule has 1 saturated heterocycles. The van der Waals surface area contributed by atoms with Gasteiger partial charge in [-0.25, -0.2) is 4.68 Å². The number of amides is 1. The molecule has 4 rings (SSSR count). The Bertz CT molecular complexity index is 910. The number of rotatable bonds is 3. The first-order valence-corrected chi connectivity index (χ1v) is 9.09. The standard InChI is InChI=1S/C16H18N8OS/c1-11-5-6-24(20-11)14-4-3-13(18-19-14)22-7-9-23(10-8-22)16(25)15-12(2)17-21-26-15/h3-6H,7-10H2,1-2H3. The van der Waals surface area contributed by atoms with Crippen molar-refractivity contribution in [3.8, 4) is 5.82 Å². The number of nitrogens with zero attached hydrogens (tertiary/aromatic N) is 8. The van der Waals surface area contributed by atoms with Gasteiger partial charge >= 0.3 is 0 Å². The van der Waals surface area contributed by atoms with Gasteiger partial charge in [0.15, 0.2) is 11.6 Å². The lowest BCUT2D eigenvalue weighted by atomic mass is 10.2. The second-order valence-electron chi connectivity index (χ2n) is 6.12. The molecule has 0 spiro atoms. The second-order valence-corrected chi connectivity index (χ2v) is 6.87. The van der Waals surface area contributed by atoms with Gasteiger partial charge in [-0.1, -0.05) is 4.49 Å². The fourth-order valence-corrected chi connectivity index (χ4v) is 3.49. The van der Waals surface area contributed by atoms with Crippen LogP contribution in [0.4, 0.5) is 5.82 Å². The van der Waals surface area contributed by atoms with Gasteiger partial charge < -0.3 is 9.80 Å². The minimum Gasteiger partial charge on any atom is -0.352 e. The molecule has 3 aromatic heterocycles. The van der Waals surface area contributed by atoms with Crippen LogP contribution < -0.4 is 4.90 Å². The summed E-state index contributed by atoms with van der Waals surface area (Å²) in [5.41, 5.74) is 1.63. The summed E-state index contributed by atoms with van der Waals surface area (Å²) in [4.78, 5) is 17.1. The van der Waals surface area contributed by atoms with Crippen LogP contribution >= 0.6 is 11.5 Å². The van der Waals surface area contributed by atoms with Crippen LogP contribution in [0, 0.1) is 13.8 Å². The van der Waals surface area contributed by atoms with Gasteiger partial charge in [-0.2, -0.15) is 5.10 Å². The second kappa shape index (κ2) is 6.79. The molecule has 0 atom stereocenters. The summed E-state index contributed by atoms with van der Waals surface area (Å²) in [6.07, 6.45) is 1.86. The summed E-state index contributed by atoms with van der Waals surface area (Å²) < 4.78 is 5.55. The van der Waals surface area contributed by atoms with Gasteiger partial charge in [0.05, 0.1) is 11.4 Å². The van der Waals surface area contributed by atoms with Crippen molar-refractivity contribution in [2.45, 2.75) is 13.8 Å². The highest BCUT2D eigenvalue weighted by Crippen LogP contribution is 2.17. The predicted octanol–water partition coefficient (Wildman–Crippen LogP) is 1.09. The van der Waals surface area contributed by atoms with E-state index in [1.165, 1.54) is 0 Å². The molecule has 1 amide bonds. The fourth-order valence-electron chi connectivity index (χ4n) is 2.86. The third kappa shape index (κ3) is 3.15. The molecule has 26 heavy (non-hydrogen) atoms. The lowest BCUT2D eigenvalue weighted by Gasteiger charge is -2.34. The van der Waals surface area contributed by atoms with E-state index in [-0.39, 0.29) is 5.91 Å². The number of piperazine rings is 1. The highest BCUT2D eigenvalue weighted by Gasteiger charge is 2.25. The van der Waals surface area contributed by atoms with Crippen molar-refractivity contribution >= 4 is 23.3 Å². The van der Waals surface area contributed by atoms with Crippen molar-refractivity contribution in [1.82, 2.24) is 34.5 Å². The Kier molecular flexibility index (Phi) is 4.33. The Morgan fingerprint density at radius 3 is 2.31 bits per heavy atom. The Hall–Kier alpha value is -2.88. The van der Waals surface area contributed by atoms with E-state index in [0.717, 1.165) is 23.0 Å². The molecule has 0 aliphatic carbocycles.